The number of carbonyl (C=O) groups excluding carboxylic acids is 1. The van der Waals surface area contributed by atoms with Gasteiger partial charge in [-0.05, 0) is 61.8 Å². The van der Waals surface area contributed by atoms with E-state index in [-0.39, 0.29) is 17.9 Å². The van der Waals surface area contributed by atoms with Gasteiger partial charge in [0.15, 0.2) is 0 Å². The lowest BCUT2D eigenvalue weighted by molar-refractivity contribution is -0.122. The SMILES string of the molecule is CC(CN)CC(=O)NC(C)c1ccc2c(c1)CCCC2. The van der Waals surface area contributed by atoms with Gasteiger partial charge in [-0.25, -0.2) is 0 Å². The average molecular weight is 274 g/mol. The first kappa shape index (κ1) is 15.0. The lowest BCUT2D eigenvalue weighted by Crippen LogP contribution is -2.29. The lowest BCUT2D eigenvalue weighted by Gasteiger charge is -2.20. The summed E-state index contributed by atoms with van der Waals surface area (Å²) >= 11 is 0. The highest BCUT2D eigenvalue weighted by Crippen LogP contribution is 2.24. The molecule has 0 fully saturated rings. The van der Waals surface area contributed by atoms with Crippen molar-refractivity contribution in [1.82, 2.24) is 5.32 Å². The van der Waals surface area contributed by atoms with E-state index in [1.54, 1.807) is 0 Å². The van der Waals surface area contributed by atoms with Crippen molar-refractivity contribution in [3.8, 4) is 0 Å². The topological polar surface area (TPSA) is 55.1 Å². The molecule has 0 aliphatic heterocycles. The molecule has 0 radical (unpaired) electrons. The van der Waals surface area contributed by atoms with E-state index in [4.69, 9.17) is 5.73 Å². The minimum Gasteiger partial charge on any atom is -0.350 e. The Kier molecular flexibility index (Phi) is 5.18. The highest BCUT2D eigenvalue weighted by Gasteiger charge is 2.15. The van der Waals surface area contributed by atoms with Crippen molar-refractivity contribution in [2.24, 2.45) is 11.7 Å². The van der Waals surface area contributed by atoms with Gasteiger partial charge in [0.25, 0.3) is 0 Å². The third kappa shape index (κ3) is 3.83. The molecule has 1 aromatic rings. The first-order valence-electron chi connectivity index (χ1n) is 7.71. The average Bonchev–Trinajstić information content (AvgIpc) is 2.46. The summed E-state index contributed by atoms with van der Waals surface area (Å²) in [5.74, 6) is 0.332. The fourth-order valence-corrected chi connectivity index (χ4v) is 2.81. The number of aryl methyl sites for hydroxylation is 2. The van der Waals surface area contributed by atoms with E-state index in [0.717, 1.165) is 0 Å². The molecule has 3 N–H and O–H groups in total. The van der Waals surface area contributed by atoms with E-state index in [1.165, 1.54) is 42.4 Å². The van der Waals surface area contributed by atoms with E-state index in [2.05, 4.69) is 30.4 Å². The standard InChI is InChI=1S/C17H26N2O/c1-12(11-18)9-17(20)19-13(2)15-8-7-14-5-3-4-6-16(14)10-15/h7-8,10,12-13H,3-6,9,11,18H2,1-2H3,(H,19,20). The second kappa shape index (κ2) is 6.89. The van der Waals surface area contributed by atoms with Crippen molar-refractivity contribution in [1.29, 1.82) is 0 Å². The summed E-state index contributed by atoms with van der Waals surface area (Å²) in [5.41, 5.74) is 9.71. The summed E-state index contributed by atoms with van der Waals surface area (Å²) in [5, 5.41) is 3.07. The Morgan fingerprint density at radius 1 is 1.25 bits per heavy atom. The Hall–Kier alpha value is -1.35. The van der Waals surface area contributed by atoms with Gasteiger partial charge in [-0.3, -0.25) is 4.79 Å². The second-order valence-electron chi connectivity index (χ2n) is 6.07. The quantitative estimate of drug-likeness (QED) is 0.867. The van der Waals surface area contributed by atoms with Crippen LogP contribution in [0.25, 0.3) is 0 Å². The van der Waals surface area contributed by atoms with Crippen LogP contribution in [0.1, 0.15) is 55.8 Å². The Balaban J connectivity index is 1.98. The second-order valence-corrected chi connectivity index (χ2v) is 6.07. The molecule has 2 unspecified atom stereocenters. The summed E-state index contributed by atoms with van der Waals surface area (Å²) in [6.07, 6.45) is 5.46. The van der Waals surface area contributed by atoms with Gasteiger partial charge < -0.3 is 11.1 Å². The normalized spacial score (nSPS) is 17.1. The van der Waals surface area contributed by atoms with E-state index in [0.29, 0.717) is 13.0 Å². The number of hydrogen-bond donors (Lipinski definition) is 2. The van der Waals surface area contributed by atoms with Crippen LogP contribution in [-0.2, 0) is 17.6 Å². The molecule has 3 heteroatoms. The van der Waals surface area contributed by atoms with Gasteiger partial charge in [0.05, 0.1) is 6.04 Å². The molecule has 3 nitrogen and oxygen atoms in total. The molecule has 1 aromatic carbocycles. The van der Waals surface area contributed by atoms with Gasteiger partial charge >= 0.3 is 0 Å². The molecular formula is C17H26N2O. The number of rotatable bonds is 5. The van der Waals surface area contributed by atoms with Crippen LogP contribution < -0.4 is 11.1 Å². The molecule has 0 bridgehead atoms. The fourth-order valence-electron chi connectivity index (χ4n) is 2.81. The summed E-state index contributed by atoms with van der Waals surface area (Å²) in [6, 6.07) is 6.72. The molecule has 2 atom stereocenters. The molecule has 0 spiro atoms. The Bertz CT molecular complexity index is 470. The van der Waals surface area contributed by atoms with Crippen LogP contribution in [0.3, 0.4) is 0 Å². The van der Waals surface area contributed by atoms with Crippen LogP contribution >= 0.6 is 0 Å². The van der Waals surface area contributed by atoms with E-state index < -0.39 is 0 Å². The Morgan fingerprint density at radius 2 is 1.95 bits per heavy atom. The number of carbonyl (C=O) groups is 1. The van der Waals surface area contributed by atoms with Gasteiger partial charge in [-0.2, -0.15) is 0 Å². The van der Waals surface area contributed by atoms with Crippen LogP contribution in [0, 0.1) is 5.92 Å². The molecule has 1 aliphatic carbocycles. The van der Waals surface area contributed by atoms with Gasteiger partial charge in [0, 0.05) is 6.42 Å². The zero-order valence-corrected chi connectivity index (χ0v) is 12.6. The zero-order valence-electron chi connectivity index (χ0n) is 12.6. The molecule has 0 saturated carbocycles. The highest BCUT2D eigenvalue weighted by molar-refractivity contribution is 5.76. The van der Waals surface area contributed by atoms with E-state index >= 15 is 0 Å². The molecule has 0 heterocycles. The first-order valence-corrected chi connectivity index (χ1v) is 7.71. The largest absolute Gasteiger partial charge is 0.350 e. The van der Waals surface area contributed by atoms with E-state index in [9.17, 15) is 4.79 Å². The maximum Gasteiger partial charge on any atom is 0.220 e. The van der Waals surface area contributed by atoms with Gasteiger partial charge in [-0.1, -0.05) is 25.1 Å². The minimum atomic E-state index is 0.0692. The van der Waals surface area contributed by atoms with Crippen molar-refractivity contribution < 1.29 is 4.79 Å². The van der Waals surface area contributed by atoms with Crippen molar-refractivity contribution in [3.63, 3.8) is 0 Å². The van der Waals surface area contributed by atoms with Crippen LogP contribution in [0.5, 0.6) is 0 Å². The van der Waals surface area contributed by atoms with Crippen molar-refractivity contribution in [2.45, 2.75) is 52.0 Å². The van der Waals surface area contributed by atoms with Crippen molar-refractivity contribution >= 4 is 5.91 Å². The predicted octanol–water partition coefficient (Wildman–Crippen LogP) is 2.73. The molecule has 110 valence electrons. The maximum atomic E-state index is 11.9. The molecule has 0 aromatic heterocycles. The third-order valence-corrected chi connectivity index (χ3v) is 4.19. The monoisotopic (exact) mass is 274 g/mol. The summed E-state index contributed by atoms with van der Waals surface area (Å²) in [6.45, 7) is 4.61. The van der Waals surface area contributed by atoms with Crippen molar-refractivity contribution in [2.75, 3.05) is 6.54 Å². The number of fused-ring (bicyclic) bond motifs is 1. The number of hydrogen-bond acceptors (Lipinski definition) is 2. The number of benzene rings is 1. The number of nitrogens with one attached hydrogen (secondary N) is 1. The fraction of sp³-hybridized carbons (Fsp3) is 0.588. The van der Waals surface area contributed by atoms with Gasteiger partial charge in [0.2, 0.25) is 5.91 Å². The van der Waals surface area contributed by atoms with Crippen LogP contribution in [-0.4, -0.2) is 12.5 Å². The van der Waals surface area contributed by atoms with Crippen LogP contribution in [0.15, 0.2) is 18.2 Å². The van der Waals surface area contributed by atoms with Crippen LogP contribution in [0.2, 0.25) is 0 Å². The lowest BCUT2D eigenvalue weighted by atomic mass is 9.89. The van der Waals surface area contributed by atoms with E-state index in [1.807, 2.05) is 6.92 Å². The molecular weight excluding hydrogens is 248 g/mol. The van der Waals surface area contributed by atoms with Gasteiger partial charge in [-0.15, -0.1) is 0 Å². The summed E-state index contributed by atoms with van der Waals surface area (Å²) in [4.78, 5) is 11.9. The Morgan fingerprint density at radius 3 is 2.65 bits per heavy atom. The molecule has 0 saturated heterocycles. The summed E-state index contributed by atoms with van der Waals surface area (Å²) < 4.78 is 0. The summed E-state index contributed by atoms with van der Waals surface area (Å²) in [7, 11) is 0. The van der Waals surface area contributed by atoms with Crippen molar-refractivity contribution in [3.05, 3.63) is 34.9 Å². The number of nitrogens with two attached hydrogens (primary N) is 1. The maximum absolute atomic E-state index is 11.9. The van der Waals surface area contributed by atoms with Crippen LogP contribution in [0.4, 0.5) is 0 Å². The number of amides is 1. The minimum absolute atomic E-state index is 0.0692. The third-order valence-electron chi connectivity index (χ3n) is 4.19. The molecule has 20 heavy (non-hydrogen) atoms. The molecule has 2 rings (SSSR count). The smallest absolute Gasteiger partial charge is 0.220 e. The first-order chi connectivity index (χ1) is 9.60. The molecule has 1 amide bonds. The highest BCUT2D eigenvalue weighted by atomic mass is 16.1. The Labute approximate surface area is 121 Å². The molecule has 1 aliphatic rings. The predicted molar refractivity (Wildman–Crippen MR) is 82.5 cm³/mol. The van der Waals surface area contributed by atoms with Gasteiger partial charge in [0.1, 0.15) is 0 Å². The zero-order chi connectivity index (χ0) is 14.5.